The standard InChI is InChI=1S/C26H20ClN9O/c1-36(2)26(37)31-18-9-15(11-28-13-18)16-10-20-22(34-35-23(20)30-12-16)25-32-21-19(6-7-29-24(21)33-25)14-4-3-5-17(27)8-14/h3-13H,1-2H3,(H,31,37)(H,29,32,33)(H,30,34,35). The van der Waals surface area contributed by atoms with Gasteiger partial charge in [-0.2, -0.15) is 5.10 Å². The molecule has 0 aliphatic rings. The number of carbonyl (C=O) groups excluding carboxylic acids is 1. The lowest BCUT2D eigenvalue weighted by molar-refractivity contribution is 0.230. The molecule has 0 fully saturated rings. The largest absolute Gasteiger partial charge is 0.331 e. The number of carbonyl (C=O) groups is 1. The van der Waals surface area contributed by atoms with Gasteiger partial charge in [-0.15, -0.1) is 0 Å². The zero-order valence-electron chi connectivity index (χ0n) is 19.8. The van der Waals surface area contributed by atoms with Gasteiger partial charge in [-0.3, -0.25) is 10.1 Å². The van der Waals surface area contributed by atoms with Crippen molar-refractivity contribution in [2.75, 3.05) is 19.4 Å². The maximum Gasteiger partial charge on any atom is 0.321 e. The highest BCUT2D eigenvalue weighted by atomic mass is 35.5. The van der Waals surface area contributed by atoms with Crippen LogP contribution in [0, 0.1) is 0 Å². The van der Waals surface area contributed by atoms with E-state index in [1.807, 2.05) is 42.5 Å². The maximum absolute atomic E-state index is 12.0. The summed E-state index contributed by atoms with van der Waals surface area (Å²) in [6.07, 6.45) is 6.78. The van der Waals surface area contributed by atoms with Gasteiger partial charge in [0.1, 0.15) is 11.2 Å². The van der Waals surface area contributed by atoms with Gasteiger partial charge < -0.3 is 15.2 Å². The summed E-state index contributed by atoms with van der Waals surface area (Å²) in [7, 11) is 3.35. The molecule has 0 aliphatic heterocycles. The number of anilines is 1. The topological polar surface area (TPSA) is 128 Å². The van der Waals surface area contributed by atoms with Crippen molar-refractivity contribution in [2.24, 2.45) is 0 Å². The van der Waals surface area contributed by atoms with Gasteiger partial charge in [0.15, 0.2) is 17.1 Å². The quantitative estimate of drug-likeness (QED) is 0.293. The van der Waals surface area contributed by atoms with E-state index in [4.69, 9.17) is 16.6 Å². The lowest BCUT2D eigenvalue weighted by Crippen LogP contribution is -2.27. The maximum atomic E-state index is 12.0. The Morgan fingerprint density at radius 2 is 1.84 bits per heavy atom. The second-order valence-electron chi connectivity index (χ2n) is 8.63. The van der Waals surface area contributed by atoms with Crippen LogP contribution in [-0.4, -0.2) is 60.1 Å². The first-order chi connectivity index (χ1) is 18.0. The van der Waals surface area contributed by atoms with Gasteiger partial charge in [0, 0.05) is 54.4 Å². The highest BCUT2D eigenvalue weighted by Crippen LogP contribution is 2.32. The van der Waals surface area contributed by atoms with Crippen LogP contribution in [0.1, 0.15) is 0 Å². The number of halogens is 1. The Hall–Kier alpha value is -4.83. The van der Waals surface area contributed by atoms with Crippen LogP contribution in [-0.2, 0) is 0 Å². The Morgan fingerprint density at radius 3 is 2.68 bits per heavy atom. The molecular weight excluding hydrogens is 490 g/mol. The molecule has 5 heterocycles. The fourth-order valence-corrected chi connectivity index (χ4v) is 4.25. The fraction of sp³-hybridized carbons (Fsp3) is 0.0769. The number of urea groups is 1. The second kappa shape index (κ2) is 8.99. The molecule has 2 amide bonds. The average molecular weight is 510 g/mol. The van der Waals surface area contributed by atoms with Crippen molar-refractivity contribution >= 4 is 45.5 Å². The van der Waals surface area contributed by atoms with Crippen LogP contribution in [0.3, 0.4) is 0 Å². The zero-order chi connectivity index (χ0) is 25.5. The Balaban J connectivity index is 1.41. The molecule has 37 heavy (non-hydrogen) atoms. The number of hydrogen-bond acceptors (Lipinski definition) is 6. The molecule has 0 saturated heterocycles. The molecule has 3 N–H and O–H groups in total. The predicted molar refractivity (Wildman–Crippen MR) is 143 cm³/mol. The summed E-state index contributed by atoms with van der Waals surface area (Å²) in [6, 6.07) is 13.1. The number of H-pyrrole nitrogens is 2. The first-order valence-corrected chi connectivity index (χ1v) is 11.7. The number of nitrogens with zero attached hydrogens (tertiary/aromatic N) is 6. The van der Waals surface area contributed by atoms with E-state index in [-0.39, 0.29) is 6.03 Å². The monoisotopic (exact) mass is 509 g/mol. The van der Waals surface area contributed by atoms with Gasteiger partial charge >= 0.3 is 6.03 Å². The number of pyridine rings is 3. The molecule has 5 aromatic heterocycles. The van der Waals surface area contributed by atoms with Crippen molar-refractivity contribution in [3.05, 3.63) is 72.3 Å². The molecule has 0 aliphatic carbocycles. The second-order valence-corrected chi connectivity index (χ2v) is 9.07. The van der Waals surface area contributed by atoms with Crippen molar-refractivity contribution in [1.82, 2.24) is 40.0 Å². The smallest absolute Gasteiger partial charge is 0.321 e. The SMILES string of the molecule is CN(C)C(=O)Nc1cncc(-c2cnc3[nH]nc(-c4nc5c(-c6cccc(Cl)c6)ccnc5[nH]4)c3c2)c1. The molecule has 6 rings (SSSR count). The molecule has 182 valence electrons. The number of imidazole rings is 1. The van der Waals surface area contributed by atoms with Crippen molar-refractivity contribution < 1.29 is 4.79 Å². The molecule has 10 nitrogen and oxygen atoms in total. The van der Waals surface area contributed by atoms with E-state index in [9.17, 15) is 4.79 Å². The minimum absolute atomic E-state index is 0.236. The summed E-state index contributed by atoms with van der Waals surface area (Å²) in [5.41, 5.74) is 6.65. The Labute approximate surface area is 215 Å². The first-order valence-electron chi connectivity index (χ1n) is 11.3. The normalized spacial score (nSPS) is 11.2. The van der Waals surface area contributed by atoms with E-state index in [0.717, 1.165) is 27.6 Å². The summed E-state index contributed by atoms with van der Waals surface area (Å²) in [6.45, 7) is 0. The summed E-state index contributed by atoms with van der Waals surface area (Å²) < 4.78 is 0. The molecule has 1 aromatic carbocycles. The van der Waals surface area contributed by atoms with Gasteiger partial charge in [0.2, 0.25) is 0 Å². The van der Waals surface area contributed by atoms with E-state index in [2.05, 4.69) is 35.5 Å². The van der Waals surface area contributed by atoms with E-state index in [1.165, 1.54) is 4.90 Å². The Bertz CT molecular complexity index is 1790. The van der Waals surface area contributed by atoms with Crippen molar-refractivity contribution in [2.45, 2.75) is 0 Å². The number of hydrogen-bond donors (Lipinski definition) is 3. The van der Waals surface area contributed by atoms with Crippen molar-refractivity contribution in [3.63, 3.8) is 0 Å². The Kier molecular flexibility index (Phi) is 5.50. The number of nitrogens with one attached hydrogen (secondary N) is 3. The molecule has 6 aromatic rings. The third-order valence-corrected chi connectivity index (χ3v) is 6.13. The summed E-state index contributed by atoms with van der Waals surface area (Å²) in [5, 5.41) is 11.7. The summed E-state index contributed by atoms with van der Waals surface area (Å²) >= 11 is 6.22. The highest BCUT2D eigenvalue weighted by Gasteiger charge is 2.17. The van der Waals surface area contributed by atoms with Crippen LogP contribution in [0.5, 0.6) is 0 Å². The predicted octanol–water partition coefficient (Wildman–Crippen LogP) is 5.37. The van der Waals surface area contributed by atoms with Gasteiger partial charge in [-0.05, 0) is 35.9 Å². The number of aromatic nitrogens is 7. The molecule has 0 bridgehead atoms. The number of fused-ring (bicyclic) bond motifs is 2. The molecule has 0 unspecified atom stereocenters. The van der Waals surface area contributed by atoms with Crippen LogP contribution >= 0.6 is 11.6 Å². The van der Waals surface area contributed by atoms with Gasteiger partial charge in [0.25, 0.3) is 0 Å². The first kappa shape index (κ1) is 22.6. The van der Waals surface area contributed by atoms with Crippen LogP contribution < -0.4 is 5.32 Å². The molecule has 0 atom stereocenters. The molecule has 0 saturated carbocycles. The van der Waals surface area contributed by atoms with E-state index in [1.54, 1.807) is 38.9 Å². The van der Waals surface area contributed by atoms with Crippen molar-refractivity contribution in [3.8, 4) is 33.8 Å². The third kappa shape index (κ3) is 4.23. The molecule has 11 heteroatoms. The van der Waals surface area contributed by atoms with Gasteiger partial charge in [0.05, 0.1) is 17.3 Å². The summed E-state index contributed by atoms with van der Waals surface area (Å²) in [5.74, 6) is 0.562. The van der Waals surface area contributed by atoms with Gasteiger partial charge in [-0.1, -0.05) is 23.7 Å². The number of aromatic amines is 2. The van der Waals surface area contributed by atoms with E-state index < -0.39 is 0 Å². The number of rotatable bonds is 4. The fourth-order valence-electron chi connectivity index (χ4n) is 4.05. The van der Waals surface area contributed by atoms with E-state index in [0.29, 0.717) is 39.0 Å². The van der Waals surface area contributed by atoms with Gasteiger partial charge in [-0.25, -0.2) is 19.7 Å². The van der Waals surface area contributed by atoms with Crippen LogP contribution in [0.15, 0.2) is 67.3 Å². The molecule has 0 radical (unpaired) electrons. The van der Waals surface area contributed by atoms with Crippen LogP contribution in [0.2, 0.25) is 5.02 Å². The van der Waals surface area contributed by atoms with Crippen molar-refractivity contribution in [1.29, 1.82) is 0 Å². The number of benzene rings is 1. The van der Waals surface area contributed by atoms with Crippen LogP contribution in [0.4, 0.5) is 10.5 Å². The van der Waals surface area contributed by atoms with Crippen LogP contribution in [0.25, 0.3) is 56.0 Å². The summed E-state index contributed by atoms with van der Waals surface area (Å²) in [4.78, 5) is 34.9. The zero-order valence-corrected chi connectivity index (χ0v) is 20.6. The highest BCUT2D eigenvalue weighted by molar-refractivity contribution is 6.30. The molecular formula is C26H20ClN9O. The minimum Gasteiger partial charge on any atom is -0.331 e. The lowest BCUT2D eigenvalue weighted by atomic mass is 10.1. The van der Waals surface area contributed by atoms with E-state index >= 15 is 0 Å². The minimum atomic E-state index is -0.236. The average Bonchev–Trinajstić information content (AvgIpc) is 3.52. The Morgan fingerprint density at radius 1 is 0.973 bits per heavy atom. The molecule has 0 spiro atoms. The lowest BCUT2D eigenvalue weighted by Gasteiger charge is -2.12. The number of amides is 2. The third-order valence-electron chi connectivity index (χ3n) is 5.89.